The van der Waals surface area contributed by atoms with Gasteiger partial charge in [0.05, 0.1) is 6.04 Å². The van der Waals surface area contributed by atoms with Crippen molar-refractivity contribution in [3.8, 4) is 11.5 Å². The zero-order chi connectivity index (χ0) is 18.5. The highest BCUT2D eigenvalue weighted by Crippen LogP contribution is 2.32. The number of amides is 1. The van der Waals surface area contributed by atoms with Crippen LogP contribution < -0.4 is 9.47 Å². The van der Waals surface area contributed by atoms with Crippen LogP contribution in [-0.4, -0.2) is 42.1 Å². The van der Waals surface area contributed by atoms with Crippen LogP contribution >= 0.6 is 0 Å². The molecule has 0 spiro atoms. The third-order valence-corrected chi connectivity index (χ3v) is 4.77. The molecule has 0 radical (unpaired) electrons. The molecular weight excluding hydrogens is 328 g/mol. The lowest BCUT2D eigenvalue weighted by molar-refractivity contribution is -0.135. The van der Waals surface area contributed by atoms with E-state index in [2.05, 4.69) is 11.8 Å². The van der Waals surface area contributed by atoms with E-state index in [9.17, 15) is 4.79 Å². The third-order valence-electron chi connectivity index (χ3n) is 4.77. The van der Waals surface area contributed by atoms with E-state index in [1.54, 1.807) is 4.90 Å². The molecule has 1 aliphatic heterocycles. The number of hydrogen-bond donors (Lipinski definition) is 0. The van der Waals surface area contributed by atoms with Crippen molar-refractivity contribution in [1.82, 2.24) is 9.80 Å². The highest BCUT2D eigenvalue weighted by molar-refractivity contribution is 5.81. The third kappa shape index (κ3) is 4.17. The summed E-state index contributed by atoms with van der Waals surface area (Å²) in [5.74, 6) is 1.68. The fourth-order valence-corrected chi connectivity index (χ4v) is 3.21. The zero-order valence-corrected chi connectivity index (χ0v) is 15.6. The topological polar surface area (TPSA) is 42.0 Å². The molecule has 2 aromatic rings. The second kappa shape index (κ2) is 8.23. The summed E-state index contributed by atoms with van der Waals surface area (Å²) in [6, 6.07) is 15.8. The molecule has 26 heavy (non-hydrogen) atoms. The summed E-state index contributed by atoms with van der Waals surface area (Å²) in [5.41, 5.74) is 2.25. The summed E-state index contributed by atoms with van der Waals surface area (Å²) >= 11 is 0. The van der Waals surface area contributed by atoms with Crippen LogP contribution in [0.25, 0.3) is 0 Å². The number of hydrogen-bond acceptors (Lipinski definition) is 4. The Bertz CT molecular complexity index is 748. The van der Waals surface area contributed by atoms with Crippen molar-refractivity contribution in [1.29, 1.82) is 0 Å². The molecule has 1 heterocycles. The molecule has 0 saturated carbocycles. The Morgan fingerprint density at radius 1 is 1.04 bits per heavy atom. The van der Waals surface area contributed by atoms with Gasteiger partial charge >= 0.3 is 0 Å². The second-order valence-electron chi connectivity index (χ2n) is 6.61. The largest absolute Gasteiger partial charge is 0.454 e. The molecule has 0 saturated heterocycles. The SMILES string of the molecule is CCN(Cc1ccc2c(c1)OCO2)C(C)C(=O)N(C)Cc1ccccc1. The molecule has 0 aliphatic carbocycles. The molecule has 1 aliphatic rings. The molecule has 0 N–H and O–H groups in total. The highest BCUT2D eigenvalue weighted by atomic mass is 16.7. The van der Waals surface area contributed by atoms with Gasteiger partial charge in [0.25, 0.3) is 0 Å². The second-order valence-corrected chi connectivity index (χ2v) is 6.61. The number of likely N-dealkylation sites (N-methyl/N-ethyl adjacent to an activating group) is 2. The van der Waals surface area contributed by atoms with Gasteiger partial charge in [-0.3, -0.25) is 9.69 Å². The summed E-state index contributed by atoms with van der Waals surface area (Å²) in [4.78, 5) is 16.8. The Morgan fingerprint density at radius 3 is 2.50 bits per heavy atom. The Morgan fingerprint density at radius 2 is 1.77 bits per heavy atom. The molecule has 5 heteroatoms. The van der Waals surface area contributed by atoms with Gasteiger partial charge in [-0.05, 0) is 36.7 Å². The van der Waals surface area contributed by atoms with Crippen LogP contribution in [0.4, 0.5) is 0 Å². The van der Waals surface area contributed by atoms with Crippen LogP contribution in [0.2, 0.25) is 0 Å². The maximum Gasteiger partial charge on any atom is 0.239 e. The van der Waals surface area contributed by atoms with Crippen molar-refractivity contribution >= 4 is 5.91 Å². The van der Waals surface area contributed by atoms with Crippen LogP contribution in [0, 0.1) is 0 Å². The van der Waals surface area contributed by atoms with Gasteiger partial charge in [0, 0.05) is 20.1 Å². The zero-order valence-electron chi connectivity index (χ0n) is 15.6. The van der Waals surface area contributed by atoms with Gasteiger partial charge in [0.2, 0.25) is 12.7 Å². The number of benzene rings is 2. The van der Waals surface area contributed by atoms with Crippen molar-refractivity contribution in [2.75, 3.05) is 20.4 Å². The summed E-state index contributed by atoms with van der Waals surface area (Å²) in [6.45, 7) is 6.43. The average molecular weight is 354 g/mol. The highest BCUT2D eigenvalue weighted by Gasteiger charge is 2.24. The number of nitrogens with zero attached hydrogens (tertiary/aromatic N) is 2. The van der Waals surface area contributed by atoms with Crippen LogP contribution in [0.5, 0.6) is 11.5 Å². The quantitative estimate of drug-likeness (QED) is 0.765. The minimum atomic E-state index is -0.195. The van der Waals surface area contributed by atoms with E-state index in [1.807, 2.05) is 62.5 Å². The molecule has 0 fully saturated rings. The van der Waals surface area contributed by atoms with Gasteiger partial charge in [0.15, 0.2) is 11.5 Å². The van der Waals surface area contributed by atoms with E-state index in [-0.39, 0.29) is 18.7 Å². The molecule has 1 atom stereocenters. The van der Waals surface area contributed by atoms with Crippen molar-refractivity contribution in [2.24, 2.45) is 0 Å². The van der Waals surface area contributed by atoms with Crippen LogP contribution in [0.3, 0.4) is 0 Å². The van der Waals surface area contributed by atoms with Gasteiger partial charge in [-0.25, -0.2) is 0 Å². The predicted octanol–water partition coefficient (Wildman–Crippen LogP) is 3.28. The van der Waals surface area contributed by atoms with Gasteiger partial charge in [-0.2, -0.15) is 0 Å². The van der Waals surface area contributed by atoms with Gasteiger partial charge in [-0.15, -0.1) is 0 Å². The molecule has 2 aromatic carbocycles. The standard InChI is InChI=1S/C21H26N2O3/c1-4-23(14-18-10-11-19-20(12-18)26-15-25-19)16(2)21(24)22(3)13-17-8-6-5-7-9-17/h5-12,16H,4,13-15H2,1-3H3. The molecule has 1 unspecified atom stereocenters. The smallest absolute Gasteiger partial charge is 0.239 e. The van der Waals surface area contributed by atoms with E-state index < -0.39 is 0 Å². The molecule has 1 amide bonds. The maximum atomic E-state index is 12.9. The van der Waals surface area contributed by atoms with E-state index in [1.165, 1.54) is 0 Å². The normalized spacial score (nSPS) is 13.7. The van der Waals surface area contributed by atoms with Crippen molar-refractivity contribution in [2.45, 2.75) is 33.0 Å². The Hall–Kier alpha value is -2.53. The predicted molar refractivity (Wildman–Crippen MR) is 101 cm³/mol. The fraction of sp³-hybridized carbons (Fsp3) is 0.381. The summed E-state index contributed by atoms with van der Waals surface area (Å²) in [7, 11) is 1.86. The fourth-order valence-electron chi connectivity index (χ4n) is 3.21. The lowest BCUT2D eigenvalue weighted by atomic mass is 10.1. The first kappa shape index (κ1) is 18.3. The Labute approximate surface area is 155 Å². The number of ether oxygens (including phenoxy) is 2. The minimum Gasteiger partial charge on any atom is -0.454 e. The number of fused-ring (bicyclic) bond motifs is 1. The molecule has 5 nitrogen and oxygen atoms in total. The van der Waals surface area contributed by atoms with E-state index in [0.717, 1.165) is 29.2 Å². The van der Waals surface area contributed by atoms with E-state index >= 15 is 0 Å². The summed E-state index contributed by atoms with van der Waals surface area (Å²) in [6.07, 6.45) is 0. The van der Waals surface area contributed by atoms with Crippen LogP contribution in [0.15, 0.2) is 48.5 Å². The maximum absolute atomic E-state index is 12.9. The van der Waals surface area contributed by atoms with Crippen molar-refractivity contribution in [3.05, 3.63) is 59.7 Å². The van der Waals surface area contributed by atoms with Gasteiger partial charge < -0.3 is 14.4 Å². The minimum absolute atomic E-state index is 0.122. The molecular formula is C21H26N2O3. The number of carbonyl (C=O) groups excluding carboxylic acids is 1. The Balaban J connectivity index is 1.64. The van der Waals surface area contributed by atoms with Gasteiger partial charge in [-0.1, -0.05) is 43.3 Å². The van der Waals surface area contributed by atoms with Crippen LogP contribution in [-0.2, 0) is 17.9 Å². The monoisotopic (exact) mass is 354 g/mol. The first-order valence-electron chi connectivity index (χ1n) is 9.00. The average Bonchev–Trinajstić information content (AvgIpc) is 3.13. The first-order valence-corrected chi connectivity index (χ1v) is 9.00. The van der Waals surface area contributed by atoms with E-state index in [4.69, 9.17) is 9.47 Å². The molecule has 138 valence electrons. The number of rotatable bonds is 7. The number of carbonyl (C=O) groups is 1. The van der Waals surface area contributed by atoms with Crippen molar-refractivity contribution in [3.63, 3.8) is 0 Å². The summed E-state index contributed by atoms with van der Waals surface area (Å²) in [5, 5.41) is 0. The van der Waals surface area contributed by atoms with Crippen molar-refractivity contribution < 1.29 is 14.3 Å². The molecule has 0 aromatic heterocycles. The molecule has 3 rings (SSSR count). The Kier molecular flexibility index (Phi) is 5.78. The lowest BCUT2D eigenvalue weighted by Crippen LogP contribution is -2.45. The lowest BCUT2D eigenvalue weighted by Gasteiger charge is -2.30. The first-order chi connectivity index (χ1) is 12.6. The van der Waals surface area contributed by atoms with E-state index in [0.29, 0.717) is 13.1 Å². The van der Waals surface area contributed by atoms with Crippen LogP contribution in [0.1, 0.15) is 25.0 Å². The summed E-state index contributed by atoms with van der Waals surface area (Å²) < 4.78 is 10.8. The van der Waals surface area contributed by atoms with Gasteiger partial charge in [0.1, 0.15) is 0 Å². The molecule has 0 bridgehead atoms.